The Kier molecular flexibility index (Phi) is 5.72. The van der Waals surface area contributed by atoms with Crippen LogP contribution in [0, 0.1) is 24.5 Å². The van der Waals surface area contributed by atoms with Gasteiger partial charge in [-0.2, -0.15) is 14.4 Å². The summed E-state index contributed by atoms with van der Waals surface area (Å²) in [4.78, 5) is 28.2. The lowest BCUT2D eigenvalue weighted by Gasteiger charge is -2.23. The predicted molar refractivity (Wildman–Crippen MR) is 110 cm³/mol. The molecule has 10 heteroatoms. The molecule has 0 saturated carbocycles. The molecule has 4 rings (SSSR count). The summed E-state index contributed by atoms with van der Waals surface area (Å²) in [6.07, 6.45) is 2.77. The lowest BCUT2D eigenvalue weighted by atomic mass is 10.0. The van der Waals surface area contributed by atoms with Crippen LogP contribution in [0.15, 0.2) is 6.07 Å². The molecule has 0 radical (unpaired) electrons. The summed E-state index contributed by atoms with van der Waals surface area (Å²) in [7, 11) is 0. The standard InChI is InChI=1S/C21H25F3N6O/c1-11-5-4-7-30(11)21-25-15(14-6-8-29(10-14)13(3)31)9-16(27-21)26-20-18(23)12(2)17(22)19(24)28-20/h9,11,14H,4-8,10H2,1-3H3,(H,25,26,27,28). The smallest absolute Gasteiger partial charge is 0.251 e. The lowest BCUT2D eigenvalue weighted by Crippen LogP contribution is -2.29. The predicted octanol–water partition coefficient (Wildman–Crippen LogP) is 3.67. The molecule has 31 heavy (non-hydrogen) atoms. The zero-order chi connectivity index (χ0) is 22.3. The van der Waals surface area contributed by atoms with E-state index in [0.29, 0.717) is 19.0 Å². The fourth-order valence-electron chi connectivity index (χ4n) is 4.20. The van der Waals surface area contributed by atoms with E-state index >= 15 is 0 Å². The number of anilines is 3. The number of carbonyl (C=O) groups is 1. The highest BCUT2D eigenvalue weighted by atomic mass is 19.2. The van der Waals surface area contributed by atoms with Gasteiger partial charge in [0.2, 0.25) is 11.9 Å². The number of halogens is 3. The Hall–Kier alpha value is -2.91. The summed E-state index contributed by atoms with van der Waals surface area (Å²) in [5.74, 6) is -3.34. The van der Waals surface area contributed by atoms with Crippen LogP contribution in [0.2, 0.25) is 0 Å². The van der Waals surface area contributed by atoms with Crippen molar-refractivity contribution in [2.45, 2.75) is 52.0 Å². The first kappa shape index (κ1) is 21.3. The second kappa shape index (κ2) is 8.32. The molecular formula is C21H25F3N6O. The molecule has 2 atom stereocenters. The number of nitrogens with zero attached hydrogens (tertiary/aromatic N) is 5. The number of hydrogen-bond donors (Lipinski definition) is 1. The number of likely N-dealkylation sites (tertiary alicyclic amines) is 1. The van der Waals surface area contributed by atoms with E-state index in [0.717, 1.165) is 38.4 Å². The van der Waals surface area contributed by atoms with E-state index < -0.39 is 29.0 Å². The number of aromatic nitrogens is 3. The van der Waals surface area contributed by atoms with Crippen LogP contribution in [-0.2, 0) is 4.79 Å². The Bertz CT molecular complexity index is 1020. The third-order valence-corrected chi connectivity index (χ3v) is 6.10. The lowest BCUT2D eigenvalue weighted by molar-refractivity contribution is -0.127. The van der Waals surface area contributed by atoms with Gasteiger partial charge in [0.1, 0.15) is 5.82 Å². The first-order valence-corrected chi connectivity index (χ1v) is 10.4. The molecule has 2 aromatic rings. The average Bonchev–Trinajstić information content (AvgIpc) is 3.39. The second-order valence-corrected chi connectivity index (χ2v) is 8.24. The van der Waals surface area contributed by atoms with E-state index in [2.05, 4.69) is 27.1 Å². The number of rotatable bonds is 4. The minimum atomic E-state index is -1.38. The molecule has 7 nitrogen and oxygen atoms in total. The average molecular weight is 434 g/mol. The quantitative estimate of drug-likeness (QED) is 0.741. The Balaban J connectivity index is 1.71. The van der Waals surface area contributed by atoms with Crippen molar-refractivity contribution in [3.8, 4) is 0 Å². The minimum absolute atomic E-state index is 0.00632. The molecule has 0 aliphatic carbocycles. The SMILES string of the molecule is CC(=O)N1CCC(c2cc(Nc3nc(F)c(F)c(C)c3F)nc(N3CCCC3C)n2)C1. The Labute approximate surface area is 178 Å². The maximum Gasteiger partial charge on any atom is 0.251 e. The van der Waals surface area contributed by atoms with E-state index in [4.69, 9.17) is 4.98 Å². The van der Waals surface area contributed by atoms with Gasteiger partial charge in [-0.05, 0) is 33.1 Å². The van der Waals surface area contributed by atoms with Crippen molar-refractivity contribution in [3.05, 3.63) is 34.9 Å². The molecule has 2 fully saturated rings. The van der Waals surface area contributed by atoms with Gasteiger partial charge in [0, 0.05) is 50.1 Å². The van der Waals surface area contributed by atoms with Crippen LogP contribution in [-0.4, -0.2) is 51.4 Å². The topological polar surface area (TPSA) is 74.2 Å². The summed E-state index contributed by atoms with van der Waals surface area (Å²) in [5, 5.41) is 2.71. The summed E-state index contributed by atoms with van der Waals surface area (Å²) < 4.78 is 41.9. The van der Waals surface area contributed by atoms with Gasteiger partial charge in [-0.15, -0.1) is 0 Å². The molecule has 2 aromatic heterocycles. The summed E-state index contributed by atoms with van der Waals surface area (Å²) >= 11 is 0. The zero-order valence-electron chi connectivity index (χ0n) is 17.8. The fourth-order valence-corrected chi connectivity index (χ4v) is 4.20. The maximum absolute atomic E-state index is 14.5. The molecule has 0 bridgehead atoms. The Morgan fingerprint density at radius 3 is 2.55 bits per heavy atom. The molecule has 2 aliphatic rings. The second-order valence-electron chi connectivity index (χ2n) is 8.24. The van der Waals surface area contributed by atoms with Gasteiger partial charge in [-0.3, -0.25) is 4.79 Å². The van der Waals surface area contributed by atoms with Crippen molar-refractivity contribution >= 4 is 23.5 Å². The van der Waals surface area contributed by atoms with Gasteiger partial charge in [0.05, 0.1) is 5.69 Å². The van der Waals surface area contributed by atoms with Gasteiger partial charge >= 0.3 is 0 Å². The maximum atomic E-state index is 14.5. The van der Waals surface area contributed by atoms with E-state index in [-0.39, 0.29) is 23.7 Å². The van der Waals surface area contributed by atoms with Gasteiger partial charge in [0.15, 0.2) is 17.5 Å². The molecule has 166 valence electrons. The molecule has 0 aromatic carbocycles. The van der Waals surface area contributed by atoms with Crippen LogP contribution in [0.1, 0.15) is 50.3 Å². The van der Waals surface area contributed by atoms with Gasteiger partial charge in [-0.1, -0.05) is 0 Å². The number of hydrogen-bond acceptors (Lipinski definition) is 6. The number of carbonyl (C=O) groups excluding carboxylic acids is 1. The van der Waals surface area contributed by atoms with Crippen LogP contribution in [0.4, 0.5) is 30.8 Å². The number of amides is 1. The Morgan fingerprint density at radius 1 is 1.13 bits per heavy atom. The molecule has 2 aliphatic heterocycles. The molecule has 4 heterocycles. The van der Waals surface area contributed by atoms with Gasteiger partial charge < -0.3 is 15.1 Å². The first-order chi connectivity index (χ1) is 14.7. The highest BCUT2D eigenvalue weighted by Crippen LogP contribution is 2.32. The van der Waals surface area contributed by atoms with Crippen molar-refractivity contribution in [1.29, 1.82) is 0 Å². The van der Waals surface area contributed by atoms with Gasteiger partial charge in [-0.25, -0.2) is 13.8 Å². The third kappa shape index (κ3) is 4.15. The number of pyridine rings is 1. The van der Waals surface area contributed by atoms with Crippen LogP contribution < -0.4 is 10.2 Å². The van der Waals surface area contributed by atoms with Crippen LogP contribution in [0.3, 0.4) is 0 Å². The van der Waals surface area contributed by atoms with Crippen LogP contribution in [0.25, 0.3) is 0 Å². The molecule has 1 N–H and O–H groups in total. The summed E-state index contributed by atoms with van der Waals surface area (Å²) in [5.41, 5.74) is 0.264. The van der Waals surface area contributed by atoms with Crippen molar-refractivity contribution in [2.75, 3.05) is 29.9 Å². The molecule has 2 unspecified atom stereocenters. The van der Waals surface area contributed by atoms with Gasteiger partial charge in [0.25, 0.3) is 5.95 Å². The van der Waals surface area contributed by atoms with E-state index in [1.54, 1.807) is 11.0 Å². The van der Waals surface area contributed by atoms with Crippen LogP contribution in [0.5, 0.6) is 0 Å². The monoisotopic (exact) mass is 434 g/mol. The molecule has 1 amide bonds. The van der Waals surface area contributed by atoms with E-state index in [9.17, 15) is 18.0 Å². The molecule has 2 saturated heterocycles. The molecular weight excluding hydrogens is 409 g/mol. The van der Waals surface area contributed by atoms with Crippen molar-refractivity contribution in [1.82, 2.24) is 19.9 Å². The normalized spacial score (nSPS) is 21.1. The summed E-state index contributed by atoms with van der Waals surface area (Å²) in [6.45, 7) is 6.75. The third-order valence-electron chi connectivity index (χ3n) is 6.10. The fraction of sp³-hybridized carbons (Fsp3) is 0.524. The number of nitrogens with one attached hydrogen (secondary N) is 1. The van der Waals surface area contributed by atoms with E-state index in [1.165, 1.54) is 6.92 Å². The summed E-state index contributed by atoms with van der Waals surface area (Å²) in [6, 6.07) is 1.91. The first-order valence-electron chi connectivity index (χ1n) is 10.4. The van der Waals surface area contributed by atoms with Crippen molar-refractivity contribution < 1.29 is 18.0 Å². The van der Waals surface area contributed by atoms with E-state index in [1.807, 2.05) is 0 Å². The Morgan fingerprint density at radius 2 is 1.90 bits per heavy atom. The molecule has 0 spiro atoms. The van der Waals surface area contributed by atoms with Crippen molar-refractivity contribution in [3.63, 3.8) is 0 Å². The minimum Gasteiger partial charge on any atom is -0.342 e. The van der Waals surface area contributed by atoms with Crippen molar-refractivity contribution in [2.24, 2.45) is 0 Å². The highest BCUT2D eigenvalue weighted by Gasteiger charge is 2.30. The highest BCUT2D eigenvalue weighted by molar-refractivity contribution is 5.73. The largest absolute Gasteiger partial charge is 0.342 e. The van der Waals surface area contributed by atoms with Crippen LogP contribution >= 0.6 is 0 Å². The zero-order valence-corrected chi connectivity index (χ0v) is 17.8.